The van der Waals surface area contributed by atoms with E-state index in [2.05, 4.69) is 15.6 Å². The average Bonchev–Trinajstić information content (AvgIpc) is 3.33. The molecule has 8 nitrogen and oxygen atoms in total. The first kappa shape index (κ1) is 29.5. The normalized spacial score (nSPS) is 22.3. The molecule has 2 fully saturated rings. The number of aliphatic carboxylic acids is 1. The van der Waals surface area contributed by atoms with E-state index in [4.69, 9.17) is 19.4 Å². The molecule has 14 heteroatoms. The molecule has 3 N–H and O–H groups in total. The number of hydrogen-bond donors (Lipinski definition) is 3. The standard InChI is InChI=1S/C20H28F3N3O3.C2HF3O2/c1-20(22,23)13-5-7-14(8-6-13)29-19-15(21)10-12(18(26-19)28-2)11-25-17(27)16-4-3-9-24-16;3-2(4,5)1(6)7/h10,13-14,16,24H,3-9,11H2,1-2H3,(H,25,27);(H,6,7)/t13?,14?,16-;/m0./s1. The lowest BCUT2D eigenvalue weighted by Gasteiger charge is -2.31. The van der Waals surface area contributed by atoms with Crippen molar-refractivity contribution in [3.63, 3.8) is 0 Å². The van der Waals surface area contributed by atoms with Gasteiger partial charge in [-0.25, -0.2) is 18.0 Å². The van der Waals surface area contributed by atoms with Gasteiger partial charge in [-0.05, 0) is 58.1 Å². The fraction of sp³-hybridized carbons (Fsp3) is 0.682. The smallest absolute Gasteiger partial charge is 0.481 e. The van der Waals surface area contributed by atoms with Crippen molar-refractivity contribution >= 4 is 11.9 Å². The van der Waals surface area contributed by atoms with Crippen molar-refractivity contribution < 1.29 is 50.5 Å². The lowest BCUT2D eigenvalue weighted by atomic mass is 9.84. The summed E-state index contributed by atoms with van der Waals surface area (Å²) in [6, 6.07) is 1.00. The number of pyridine rings is 1. The van der Waals surface area contributed by atoms with E-state index in [1.54, 1.807) is 0 Å². The minimum atomic E-state index is -5.08. The summed E-state index contributed by atoms with van der Waals surface area (Å²) >= 11 is 0. The number of ether oxygens (including phenoxy) is 2. The summed E-state index contributed by atoms with van der Waals surface area (Å²) in [6.45, 7) is 1.83. The van der Waals surface area contributed by atoms with Crippen molar-refractivity contribution in [2.24, 2.45) is 5.92 Å². The highest BCUT2D eigenvalue weighted by atomic mass is 19.4. The summed E-state index contributed by atoms with van der Waals surface area (Å²) in [5.74, 6) is -7.00. The van der Waals surface area contributed by atoms with E-state index in [-0.39, 0.29) is 36.4 Å². The molecule has 1 atom stereocenters. The Labute approximate surface area is 203 Å². The van der Waals surface area contributed by atoms with Gasteiger partial charge in [0, 0.05) is 18.0 Å². The highest BCUT2D eigenvalue weighted by molar-refractivity contribution is 5.82. The number of aromatic nitrogens is 1. The van der Waals surface area contributed by atoms with Crippen molar-refractivity contribution in [1.82, 2.24) is 15.6 Å². The topological polar surface area (TPSA) is 110 Å². The Balaban J connectivity index is 0.000000572. The van der Waals surface area contributed by atoms with Crippen LogP contribution in [0.2, 0.25) is 0 Å². The second-order valence-electron chi connectivity index (χ2n) is 8.66. The summed E-state index contributed by atoms with van der Waals surface area (Å²) in [7, 11) is 1.41. The van der Waals surface area contributed by atoms with Crippen LogP contribution in [0, 0.1) is 11.7 Å². The summed E-state index contributed by atoms with van der Waals surface area (Å²) in [5.41, 5.74) is 0.401. The molecule has 1 aromatic rings. The zero-order valence-corrected chi connectivity index (χ0v) is 19.8. The van der Waals surface area contributed by atoms with Gasteiger partial charge < -0.3 is 25.2 Å². The Morgan fingerprint density at radius 1 is 1.14 bits per heavy atom. The molecule has 1 aliphatic carbocycles. The Morgan fingerprint density at radius 3 is 2.22 bits per heavy atom. The number of alkyl halides is 5. The molecule has 2 aliphatic rings. The fourth-order valence-electron chi connectivity index (χ4n) is 3.94. The van der Waals surface area contributed by atoms with Crippen LogP contribution in [0.15, 0.2) is 6.07 Å². The van der Waals surface area contributed by atoms with Crippen LogP contribution in [-0.4, -0.2) is 59.9 Å². The Bertz CT molecular complexity index is 895. The van der Waals surface area contributed by atoms with Gasteiger partial charge in [0.15, 0.2) is 5.82 Å². The van der Waals surface area contributed by atoms with E-state index in [0.717, 1.165) is 26.3 Å². The number of amides is 1. The first-order valence-electron chi connectivity index (χ1n) is 11.3. The van der Waals surface area contributed by atoms with Gasteiger partial charge in [0.1, 0.15) is 6.10 Å². The number of nitrogens with one attached hydrogen (secondary N) is 2. The van der Waals surface area contributed by atoms with E-state index in [1.807, 2.05) is 0 Å². The number of rotatable bonds is 7. The number of carbonyl (C=O) groups is 2. The van der Waals surface area contributed by atoms with Crippen molar-refractivity contribution in [3.05, 3.63) is 17.4 Å². The first-order valence-corrected chi connectivity index (χ1v) is 11.3. The first-order chi connectivity index (χ1) is 16.7. The van der Waals surface area contributed by atoms with Crippen LogP contribution in [0.25, 0.3) is 0 Å². The molecule has 1 aliphatic heterocycles. The van der Waals surface area contributed by atoms with Gasteiger partial charge in [0.2, 0.25) is 17.7 Å². The molecule has 0 bridgehead atoms. The predicted molar refractivity (Wildman–Crippen MR) is 114 cm³/mol. The van der Waals surface area contributed by atoms with E-state index >= 15 is 0 Å². The average molecular weight is 529 g/mol. The van der Waals surface area contributed by atoms with Crippen LogP contribution in [0.1, 0.15) is 51.0 Å². The maximum absolute atomic E-state index is 14.5. The van der Waals surface area contributed by atoms with E-state index in [1.165, 1.54) is 13.2 Å². The number of halogens is 6. The molecule has 0 aromatic carbocycles. The maximum atomic E-state index is 14.5. The fourth-order valence-corrected chi connectivity index (χ4v) is 3.94. The molecule has 1 saturated heterocycles. The Kier molecular flexibility index (Phi) is 10.2. The molecule has 3 rings (SSSR count). The summed E-state index contributed by atoms with van der Waals surface area (Å²) in [4.78, 5) is 25.1. The number of carbonyl (C=O) groups excluding carboxylic acids is 1. The lowest BCUT2D eigenvalue weighted by molar-refractivity contribution is -0.192. The molecule has 1 amide bonds. The molecule has 0 radical (unpaired) electrons. The van der Waals surface area contributed by atoms with Crippen molar-refractivity contribution in [1.29, 1.82) is 0 Å². The molecule has 0 unspecified atom stereocenters. The molecule has 2 heterocycles. The van der Waals surface area contributed by atoms with E-state index < -0.39 is 29.8 Å². The highest BCUT2D eigenvalue weighted by Gasteiger charge is 2.38. The van der Waals surface area contributed by atoms with Gasteiger partial charge in [-0.2, -0.15) is 18.2 Å². The minimum absolute atomic E-state index is 0.0844. The van der Waals surface area contributed by atoms with Crippen molar-refractivity contribution in [2.45, 2.75) is 76.2 Å². The van der Waals surface area contributed by atoms with Crippen LogP contribution >= 0.6 is 0 Å². The third kappa shape index (κ3) is 8.71. The Hall–Kier alpha value is -2.77. The molecular formula is C22H29F6N3O5. The molecule has 204 valence electrons. The maximum Gasteiger partial charge on any atom is 0.490 e. The van der Waals surface area contributed by atoms with Crippen molar-refractivity contribution in [2.75, 3.05) is 13.7 Å². The number of methoxy groups -OCH3 is 1. The minimum Gasteiger partial charge on any atom is -0.481 e. The van der Waals surface area contributed by atoms with Crippen LogP contribution in [0.3, 0.4) is 0 Å². The zero-order valence-electron chi connectivity index (χ0n) is 19.8. The SMILES string of the molecule is COc1nc(OC2CCC(C(C)(F)F)CC2)c(F)cc1CNC(=O)[C@@H]1CCCN1.O=C(O)C(F)(F)F. The van der Waals surface area contributed by atoms with Crippen LogP contribution in [-0.2, 0) is 16.1 Å². The van der Waals surface area contributed by atoms with E-state index in [9.17, 15) is 31.1 Å². The largest absolute Gasteiger partial charge is 0.490 e. The van der Waals surface area contributed by atoms with Gasteiger partial charge in [0.25, 0.3) is 5.88 Å². The zero-order chi connectivity index (χ0) is 27.1. The molecule has 1 aromatic heterocycles. The van der Waals surface area contributed by atoms with Gasteiger partial charge in [0.05, 0.1) is 13.2 Å². The summed E-state index contributed by atoms with van der Waals surface area (Å²) in [6.07, 6.45) is -2.23. The van der Waals surface area contributed by atoms with Crippen LogP contribution in [0.5, 0.6) is 11.8 Å². The highest BCUT2D eigenvalue weighted by Crippen LogP contribution is 2.37. The van der Waals surface area contributed by atoms with Gasteiger partial charge in [-0.15, -0.1) is 0 Å². The lowest BCUT2D eigenvalue weighted by Crippen LogP contribution is -2.40. The predicted octanol–water partition coefficient (Wildman–Crippen LogP) is 3.82. The van der Waals surface area contributed by atoms with Crippen LogP contribution in [0.4, 0.5) is 26.3 Å². The van der Waals surface area contributed by atoms with Gasteiger partial charge in [-0.3, -0.25) is 4.79 Å². The monoisotopic (exact) mass is 529 g/mol. The number of hydrogen-bond acceptors (Lipinski definition) is 6. The molecule has 1 saturated carbocycles. The number of nitrogens with zero attached hydrogens (tertiary/aromatic N) is 1. The number of carboxylic acids is 1. The van der Waals surface area contributed by atoms with Crippen LogP contribution < -0.4 is 20.1 Å². The molecule has 0 spiro atoms. The molecular weight excluding hydrogens is 500 g/mol. The second kappa shape index (κ2) is 12.5. The quantitative estimate of drug-likeness (QED) is 0.461. The second-order valence-corrected chi connectivity index (χ2v) is 8.66. The summed E-state index contributed by atoms with van der Waals surface area (Å²) < 4.78 is 84.0. The Morgan fingerprint density at radius 2 is 1.75 bits per heavy atom. The van der Waals surface area contributed by atoms with E-state index in [0.29, 0.717) is 31.2 Å². The summed E-state index contributed by atoms with van der Waals surface area (Å²) in [5, 5.41) is 13.0. The molecule has 36 heavy (non-hydrogen) atoms. The third-order valence-electron chi connectivity index (χ3n) is 5.92. The van der Waals surface area contributed by atoms with Crippen molar-refractivity contribution in [3.8, 4) is 11.8 Å². The number of carboxylic acid groups (broad SMARTS) is 1. The third-order valence-corrected chi connectivity index (χ3v) is 5.92. The van der Waals surface area contributed by atoms with Gasteiger partial charge >= 0.3 is 12.1 Å². The van der Waals surface area contributed by atoms with Gasteiger partial charge in [-0.1, -0.05) is 0 Å².